The van der Waals surface area contributed by atoms with Crippen LogP contribution in [0, 0.1) is 0 Å². The molecule has 0 fully saturated rings. The number of nitrogens with zero attached hydrogens (tertiary/aromatic N) is 2. The Hall–Kier alpha value is -8.36. The van der Waals surface area contributed by atoms with Crippen LogP contribution in [0.5, 0.6) is 0 Å². The van der Waals surface area contributed by atoms with E-state index < -0.39 is 0 Å². The molecule has 6 heteroatoms. The van der Waals surface area contributed by atoms with Crippen molar-refractivity contribution in [2.75, 3.05) is 9.80 Å². The highest BCUT2D eigenvalue weighted by Crippen LogP contribution is 2.45. The maximum absolute atomic E-state index is 3.61. The fourth-order valence-electron chi connectivity index (χ4n) is 12.5. The van der Waals surface area contributed by atoms with Gasteiger partial charge in [0.25, 0.3) is 0 Å². The van der Waals surface area contributed by atoms with Crippen molar-refractivity contribution < 1.29 is 0 Å². The lowest BCUT2D eigenvalue weighted by atomic mass is 9.81. The van der Waals surface area contributed by atoms with Crippen molar-refractivity contribution in [1.29, 1.82) is 0 Å². The number of rotatable bonds is 17. The van der Waals surface area contributed by atoms with Crippen molar-refractivity contribution >= 4 is 130 Å². The van der Waals surface area contributed by atoms with Gasteiger partial charge in [0.2, 0.25) is 0 Å². The van der Waals surface area contributed by atoms with Gasteiger partial charge in [-0.2, -0.15) is 0 Å². The molecule has 0 aliphatic heterocycles. The molecule has 0 amide bonds. The van der Waals surface area contributed by atoms with Crippen LogP contribution in [-0.4, -0.2) is 0 Å². The zero-order valence-electron chi connectivity index (χ0n) is 47.6. The van der Waals surface area contributed by atoms with Crippen LogP contribution in [0.15, 0.2) is 315 Å². The van der Waals surface area contributed by atoms with Crippen LogP contribution in [0.25, 0.3) is 32.3 Å². The molecule has 0 radical (unpaired) electrons. The second-order valence-electron chi connectivity index (χ2n) is 22.7. The average Bonchev–Trinajstić information content (AvgIpc) is 1.90. The van der Waals surface area contributed by atoms with Crippen LogP contribution in [0.2, 0.25) is 0 Å². The average molecular weight is 1380 g/mol. The van der Waals surface area contributed by atoms with Gasteiger partial charge in [-0.05, 0) is 241 Å². The van der Waals surface area contributed by atoms with E-state index in [1.807, 2.05) is 0 Å². The van der Waals surface area contributed by atoms with Crippen LogP contribution < -0.4 is 9.80 Å². The molecule has 0 aromatic heterocycles. The van der Waals surface area contributed by atoms with Gasteiger partial charge in [-0.25, -0.2) is 0 Å². The highest BCUT2D eigenvalue weighted by Gasteiger charge is 2.24. The van der Waals surface area contributed by atoms with Crippen molar-refractivity contribution in [2.45, 2.75) is 31.6 Å². The summed E-state index contributed by atoms with van der Waals surface area (Å²) in [4.78, 5) is 4.79. The smallest absolute Gasteiger partial charge is 0.0461 e. The summed E-state index contributed by atoms with van der Waals surface area (Å²) in [5.41, 5.74) is 20.5. The molecule has 0 bridgehead atoms. The molecule has 420 valence electrons. The van der Waals surface area contributed by atoms with Gasteiger partial charge in [-0.3, -0.25) is 0 Å². The zero-order chi connectivity index (χ0) is 58.8. The van der Waals surface area contributed by atoms with Crippen molar-refractivity contribution in [3.05, 3.63) is 376 Å². The first-order valence-corrected chi connectivity index (χ1v) is 32.7. The van der Waals surface area contributed by atoms with E-state index in [0.717, 1.165) is 77.7 Å². The van der Waals surface area contributed by atoms with E-state index in [9.17, 15) is 0 Å². The van der Waals surface area contributed by atoms with Gasteiger partial charge in [0.05, 0.1) is 0 Å². The Morgan fingerprint density at radius 2 is 0.471 bits per heavy atom. The highest BCUT2D eigenvalue weighted by atomic mass is 79.9. The monoisotopic (exact) mass is 1370 g/mol. The molecule has 0 N–H and O–H groups in total. The van der Waals surface area contributed by atoms with E-state index in [1.54, 1.807) is 0 Å². The van der Waals surface area contributed by atoms with E-state index in [4.69, 9.17) is 0 Å². The normalized spacial score (nSPS) is 11.5. The van der Waals surface area contributed by atoms with Gasteiger partial charge in [-0.1, -0.05) is 240 Å². The first-order valence-electron chi connectivity index (χ1n) is 29.5. The molecule has 0 spiro atoms. The molecule has 14 rings (SSSR count). The molecule has 0 saturated heterocycles. The zero-order valence-corrected chi connectivity index (χ0v) is 53.9. The molecule has 0 unspecified atom stereocenters. The molecule has 14 aromatic carbocycles. The molecule has 87 heavy (non-hydrogen) atoms. The lowest BCUT2D eigenvalue weighted by molar-refractivity contribution is 0.988. The van der Waals surface area contributed by atoms with Crippen LogP contribution >= 0.6 is 63.7 Å². The standard InChI is InChI=1S/C81H58Br4N2/c82-67-28-4-54(5-29-67)50-58-12-36-71(37-13-58)86(72-38-14-59(15-39-72)51-55-6-30-68(83)31-7-55)75-44-22-64(23-45-75)79(77-48-27-66-21-20-62-2-1-3-63-26-49-78(77)81(66)80(62)63)65-24-46-76(47-25-65)87(73-40-16-60(17-41-73)52-56-8-32-69(84)33-9-56)74-42-18-61(19-43-74)53-57-10-34-70(85)35-11-57/h1-49,79H,50-53H2. The van der Waals surface area contributed by atoms with Gasteiger partial charge >= 0.3 is 0 Å². The lowest BCUT2D eigenvalue weighted by Gasteiger charge is -2.28. The number of hydrogen-bond acceptors (Lipinski definition) is 2. The first kappa shape index (κ1) is 56.4. The topological polar surface area (TPSA) is 6.48 Å². The molecule has 0 aliphatic carbocycles. The Kier molecular flexibility index (Phi) is 16.3. The SMILES string of the molecule is Brc1ccc(Cc2ccc(N(c3ccc(Cc4ccc(Br)cc4)cc3)c3ccc(C(c4ccc(N(c5ccc(Cc6ccc(Br)cc6)cc5)c5ccc(Cc6ccc(Br)cc6)cc5)cc4)c4ccc5ccc6cccc7ccc4c5c67)cc3)cc2)cc1. The first-order chi connectivity index (χ1) is 42.7. The maximum atomic E-state index is 3.61. The van der Waals surface area contributed by atoms with E-state index in [0.29, 0.717) is 0 Å². The largest absolute Gasteiger partial charge is 0.311 e. The second kappa shape index (κ2) is 25.2. The molecular formula is C81H58Br4N2. The lowest BCUT2D eigenvalue weighted by Crippen LogP contribution is -2.12. The third kappa shape index (κ3) is 12.5. The Labute approximate surface area is 543 Å². The second-order valence-corrected chi connectivity index (χ2v) is 26.3. The van der Waals surface area contributed by atoms with E-state index in [-0.39, 0.29) is 5.92 Å². The summed E-state index contributed by atoms with van der Waals surface area (Å²) >= 11 is 14.5. The summed E-state index contributed by atoms with van der Waals surface area (Å²) in [5, 5.41) is 7.69. The van der Waals surface area contributed by atoms with Crippen LogP contribution in [-0.2, 0) is 25.7 Å². The van der Waals surface area contributed by atoms with Crippen molar-refractivity contribution in [3.8, 4) is 0 Å². The summed E-state index contributed by atoms with van der Waals surface area (Å²) in [6.45, 7) is 0. The maximum Gasteiger partial charge on any atom is 0.0461 e. The summed E-state index contributed by atoms with van der Waals surface area (Å²) in [6.07, 6.45) is 3.44. The fourth-order valence-corrected chi connectivity index (χ4v) is 13.5. The van der Waals surface area contributed by atoms with Crippen molar-refractivity contribution in [3.63, 3.8) is 0 Å². The summed E-state index contributed by atoms with van der Waals surface area (Å²) in [6, 6.07) is 110. The summed E-state index contributed by atoms with van der Waals surface area (Å²) < 4.78 is 4.35. The molecule has 14 aromatic rings. The molecule has 0 heterocycles. The van der Waals surface area contributed by atoms with Gasteiger partial charge in [0.15, 0.2) is 0 Å². The van der Waals surface area contributed by atoms with E-state index in [1.165, 1.54) is 93.5 Å². The third-order valence-corrected chi connectivity index (χ3v) is 19.0. The molecule has 0 saturated carbocycles. The minimum Gasteiger partial charge on any atom is -0.311 e. The van der Waals surface area contributed by atoms with Gasteiger partial charge in [0, 0.05) is 57.9 Å². The van der Waals surface area contributed by atoms with Gasteiger partial charge in [0.1, 0.15) is 0 Å². The predicted octanol–water partition coefficient (Wildman–Crippen LogP) is 24.1. The quantitative estimate of drug-likeness (QED) is 0.0662. The molecule has 0 atom stereocenters. The minimum absolute atomic E-state index is 0.0915. The van der Waals surface area contributed by atoms with Gasteiger partial charge in [-0.15, -0.1) is 0 Å². The third-order valence-electron chi connectivity index (χ3n) is 16.9. The Morgan fingerprint density at radius 3 is 0.770 bits per heavy atom. The molecular weight excluding hydrogens is 1320 g/mol. The summed E-state index contributed by atoms with van der Waals surface area (Å²) in [5.74, 6) is -0.0915. The Morgan fingerprint density at radius 1 is 0.230 bits per heavy atom. The molecule has 0 aliphatic rings. The Balaban J connectivity index is 0.852. The van der Waals surface area contributed by atoms with Crippen LogP contribution in [0.1, 0.15) is 67.1 Å². The number of hydrogen-bond donors (Lipinski definition) is 0. The summed E-state index contributed by atoms with van der Waals surface area (Å²) in [7, 11) is 0. The van der Waals surface area contributed by atoms with Crippen LogP contribution in [0.4, 0.5) is 34.1 Å². The fraction of sp³-hybridized carbons (Fsp3) is 0.0617. The van der Waals surface area contributed by atoms with E-state index >= 15 is 0 Å². The van der Waals surface area contributed by atoms with E-state index in [2.05, 4.69) is 371 Å². The number of benzene rings is 14. The Bertz CT molecular complexity index is 4220. The number of halogens is 4. The molecule has 2 nitrogen and oxygen atoms in total. The minimum atomic E-state index is -0.0915. The van der Waals surface area contributed by atoms with Crippen LogP contribution in [0.3, 0.4) is 0 Å². The van der Waals surface area contributed by atoms with Gasteiger partial charge < -0.3 is 9.80 Å². The van der Waals surface area contributed by atoms with Crippen molar-refractivity contribution in [1.82, 2.24) is 0 Å². The highest BCUT2D eigenvalue weighted by molar-refractivity contribution is 9.11. The number of anilines is 6. The van der Waals surface area contributed by atoms with Crippen molar-refractivity contribution in [2.24, 2.45) is 0 Å². The predicted molar refractivity (Wildman–Crippen MR) is 381 cm³/mol.